The maximum Gasteiger partial charge on any atom is 0.236 e. The number of amides is 1. The van der Waals surface area contributed by atoms with Crippen LogP contribution < -0.4 is 9.47 Å². The number of benzene rings is 2. The highest BCUT2D eigenvalue weighted by atomic mass is 32.1. The maximum absolute atomic E-state index is 13.2. The minimum absolute atomic E-state index is 0.204. The van der Waals surface area contributed by atoms with Crippen LogP contribution in [-0.4, -0.2) is 61.1 Å². The molecular formula is C26H31N3O3S. The van der Waals surface area contributed by atoms with Crippen LogP contribution in [0.25, 0.3) is 10.2 Å². The molecule has 2 fully saturated rings. The van der Waals surface area contributed by atoms with Gasteiger partial charge in [0.05, 0.1) is 36.0 Å². The number of rotatable bonds is 6. The minimum atomic E-state index is 0.204. The Morgan fingerprint density at radius 2 is 1.88 bits per heavy atom. The Bertz CT molecular complexity index is 1090. The highest BCUT2D eigenvalue weighted by Gasteiger charge is 2.32. The third kappa shape index (κ3) is 4.57. The van der Waals surface area contributed by atoms with E-state index in [0.717, 1.165) is 67.9 Å². The number of methoxy groups -OCH3 is 2. The highest BCUT2D eigenvalue weighted by Crippen LogP contribution is 2.39. The molecule has 33 heavy (non-hydrogen) atoms. The second-order valence-electron chi connectivity index (χ2n) is 8.91. The second-order valence-corrected chi connectivity index (χ2v) is 9.97. The lowest BCUT2D eigenvalue weighted by Crippen LogP contribution is -2.43. The van der Waals surface area contributed by atoms with Crippen LogP contribution in [0.15, 0.2) is 42.5 Å². The number of aromatic nitrogens is 1. The molecule has 2 aromatic carbocycles. The summed E-state index contributed by atoms with van der Waals surface area (Å²) in [5.41, 5.74) is 2.23. The van der Waals surface area contributed by atoms with E-state index in [2.05, 4.69) is 29.2 Å². The van der Waals surface area contributed by atoms with Crippen LogP contribution in [0.4, 0.5) is 0 Å². The molecule has 0 spiro atoms. The van der Waals surface area contributed by atoms with Crippen LogP contribution in [0.5, 0.6) is 11.5 Å². The summed E-state index contributed by atoms with van der Waals surface area (Å²) in [6.07, 6.45) is 4.10. The fourth-order valence-electron chi connectivity index (χ4n) is 5.18. The largest absolute Gasteiger partial charge is 0.497 e. The molecule has 7 heteroatoms. The van der Waals surface area contributed by atoms with E-state index in [-0.39, 0.29) is 11.9 Å². The van der Waals surface area contributed by atoms with Gasteiger partial charge in [0.1, 0.15) is 11.5 Å². The monoisotopic (exact) mass is 465 g/mol. The average Bonchev–Trinajstić information content (AvgIpc) is 3.50. The Hall–Kier alpha value is -2.64. The molecule has 2 saturated heterocycles. The number of carbonyl (C=O) groups excluding carboxylic acids is 1. The predicted molar refractivity (Wildman–Crippen MR) is 131 cm³/mol. The highest BCUT2D eigenvalue weighted by molar-refractivity contribution is 7.18. The maximum atomic E-state index is 13.2. The normalized spacial score (nSPS) is 19.8. The first-order chi connectivity index (χ1) is 16.2. The zero-order valence-electron chi connectivity index (χ0n) is 19.3. The summed E-state index contributed by atoms with van der Waals surface area (Å²) >= 11 is 1.80. The van der Waals surface area contributed by atoms with Gasteiger partial charge in [0.25, 0.3) is 0 Å². The number of likely N-dealkylation sites (tertiary alicyclic amines) is 2. The first kappa shape index (κ1) is 22.2. The number of fused-ring (bicyclic) bond motifs is 1. The minimum Gasteiger partial charge on any atom is -0.497 e. The van der Waals surface area contributed by atoms with E-state index in [9.17, 15) is 4.79 Å². The third-order valence-corrected chi connectivity index (χ3v) is 8.21. The molecule has 0 aliphatic carbocycles. The molecule has 0 N–H and O–H groups in total. The molecule has 0 radical (unpaired) electrons. The van der Waals surface area contributed by atoms with Crippen LogP contribution in [0.2, 0.25) is 0 Å². The number of piperidine rings is 1. The number of para-hydroxylation sites is 1. The fraction of sp³-hybridized carbons (Fsp3) is 0.462. The summed E-state index contributed by atoms with van der Waals surface area (Å²) in [6, 6.07) is 14.5. The second kappa shape index (κ2) is 9.69. The smallest absolute Gasteiger partial charge is 0.236 e. The van der Waals surface area contributed by atoms with Crippen LogP contribution >= 0.6 is 11.3 Å². The zero-order chi connectivity index (χ0) is 22.8. The molecule has 2 aliphatic rings. The summed E-state index contributed by atoms with van der Waals surface area (Å²) < 4.78 is 12.2. The summed E-state index contributed by atoms with van der Waals surface area (Å²) in [5.74, 6) is 2.30. The van der Waals surface area contributed by atoms with E-state index in [4.69, 9.17) is 14.5 Å². The van der Waals surface area contributed by atoms with Crippen molar-refractivity contribution in [1.29, 1.82) is 0 Å². The van der Waals surface area contributed by atoms with E-state index < -0.39 is 0 Å². The van der Waals surface area contributed by atoms with Gasteiger partial charge >= 0.3 is 0 Å². The molecule has 1 aromatic heterocycles. The van der Waals surface area contributed by atoms with Gasteiger partial charge < -0.3 is 14.4 Å². The van der Waals surface area contributed by atoms with Crippen LogP contribution in [0.1, 0.15) is 48.2 Å². The molecule has 5 rings (SSSR count). The molecular weight excluding hydrogens is 434 g/mol. The van der Waals surface area contributed by atoms with Gasteiger partial charge in [-0.05, 0) is 50.4 Å². The lowest BCUT2D eigenvalue weighted by molar-refractivity contribution is -0.133. The molecule has 0 saturated carbocycles. The summed E-state index contributed by atoms with van der Waals surface area (Å²) in [7, 11) is 3.35. The van der Waals surface area contributed by atoms with E-state index in [1.807, 2.05) is 23.1 Å². The summed E-state index contributed by atoms with van der Waals surface area (Å²) in [5, 5.41) is 1.22. The fourth-order valence-corrected chi connectivity index (χ4v) is 6.31. The van der Waals surface area contributed by atoms with Gasteiger partial charge in [0.2, 0.25) is 5.91 Å². The van der Waals surface area contributed by atoms with Crippen molar-refractivity contribution in [3.63, 3.8) is 0 Å². The van der Waals surface area contributed by atoms with Crippen molar-refractivity contribution in [1.82, 2.24) is 14.8 Å². The van der Waals surface area contributed by atoms with Gasteiger partial charge in [-0.3, -0.25) is 9.69 Å². The van der Waals surface area contributed by atoms with E-state index in [0.29, 0.717) is 12.5 Å². The van der Waals surface area contributed by atoms with Gasteiger partial charge in [-0.2, -0.15) is 0 Å². The van der Waals surface area contributed by atoms with E-state index in [1.165, 1.54) is 9.71 Å². The van der Waals surface area contributed by atoms with Crippen LogP contribution in [0.3, 0.4) is 0 Å². The molecule has 1 amide bonds. The summed E-state index contributed by atoms with van der Waals surface area (Å²) in [6.45, 7) is 3.02. The summed E-state index contributed by atoms with van der Waals surface area (Å²) in [4.78, 5) is 22.4. The Balaban J connectivity index is 1.21. The Labute approximate surface area is 199 Å². The van der Waals surface area contributed by atoms with Gasteiger partial charge in [-0.15, -0.1) is 11.3 Å². The lowest BCUT2D eigenvalue weighted by Gasteiger charge is -2.33. The van der Waals surface area contributed by atoms with Crippen molar-refractivity contribution >= 4 is 27.5 Å². The van der Waals surface area contributed by atoms with Crippen LogP contribution in [-0.2, 0) is 4.79 Å². The molecule has 1 unspecified atom stereocenters. The van der Waals surface area contributed by atoms with Crippen molar-refractivity contribution in [3.8, 4) is 11.5 Å². The van der Waals surface area contributed by atoms with E-state index >= 15 is 0 Å². The van der Waals surface area contributed by atoms with Crippen molar-refractivity contribution < 1.29 is 14.3 Å². The standard InChI is InChI=1S/C26H31N3O3S/c1-31-19-9-10-20(23(16-19)32-2)22-7-5-13-29(22)17-25(30)28-14-11-18(12-15-28)26-27-21-6-3-4-8-24(21)33-26/h3-4,6,8-10,16,18,22H,5,7,11-15,17H2,1-2H3. The molecule has 0 bridgehead atoms. The van der Waals surface area contributed by atoms with Crippen molar-refractivity contribution in [2.24, 2.45) is 0 Å². The first-order valence-electron chi connectivity index (χ1n) is 11.8. The van der Waals surface area contributed by atoms with Crippen LogP contribution in [0, 0.1) is 0 Å². The van der Waals surface area contributed by atoms with Gasteiger partial charge in [-0.25, -0.2) is 4.98 Å². The number of nitrogens with zero attached hydrogens (tertiary/aromatic N) is 3. The number of ether oxygens (including phenoxy) is 2. The molecule has 3 aromatic rings. The lowest BCUT2D eigenvalue weighted by atomic mass is 9.97. The third-order valence-electron chi connectivity index (χ3n) is 7.01. The zero-order valence-corrected chi connectivity index (χ0v) is 20.1. The van der Waals surface area contributed by atoms with Gasteiger partial charge in [-0.1, -0.05) is 18.2 Å². The Morgan fingerprint density at radius 1 is 1.06 bits per heavy atom. The average molecular weight is 466 g/mol. The predicted octanol–water partition coefficient (Wildman–Crippen LogP) is 4.86. The van der Waals surface area contributed by atoms with Crippen molar-refractivity contribution in [2.75, 3.05) is 40.4 Å². The van der Waals surface area contributed by atoms with Gasteiger partial charge in [0.15, 0.2) is 0 Å². The van der Waals surface area contributed by atoms with Gasteiger partial charge in [0, 0.05) is 36.7 Å². The van der Waals surface area contributed by atoms with E-state index in [1.54, 1.807) is 25.6 Å². The first-order valence-corrected chi connectivity index (χ1v) is 12.6. The number of hydrogen-bond acceptors (Lipinski definition) is 6. The molecule has 6 nitrogen and oxygen atoms in total. The molecule has 2 aliphatic heterocycles. The Kier molecular flexibility index (Phi) is 6.51. The van der Waals surface area contributed by atoms with Crippen molar-refractivity contribution in [3.05, 3.63) is 53.0 Å². The molecule has 1 atom stereocenters. The molecule has 3 heterocycles. The quantitative estimate of drug-likeness (QED) is 0.521. The van der Waals surface area contributed by atoms with Crippen molar-refractivity contribution in [2.45, 2.75) is 37.6 Å². The number of carbonyl (C=O) groups is 1. The number of hydrogen-bond donors (Lipinski definition) is 0. The molecule has 174 valence electrons. The number of thiazole rings is 1. The topological polar surface area (TPSA) is 54.9 Å². The Morgan fingerprint density at radius 3 is 2.64 bits per heavy atom. The SMILES string of the molecule is COc1ccc(C2CCCN2CC(=O)N2CCC(c3nc4ccccc4s3)CC2)c(OC)c1.